The lowest BCUT2D eigenvalue weighted by Gasteiger charge is -2.27. The number of piperidine rings is 1. The van der Waals surface area contributed by atoms with Gasteiger partial charge in [0.2, 0.25) is 11.8 Å². The number of hydrogen-bond acceptors (Lipinski definition) is 8. The van der Waals surface area contributed by atoms with Crippen LogP contribution in [0.4, 0.5) is 0 Å². The molecule has 0 aliphatic carbocycles. The van der Waals surface area contributed by atoms with Gasteiger partial charge in [0.05, 0.1) is 26.7 Å². The summed E-state index contributed by atoms with van der Waals surface area (Å²) >= 11 is 0. The molecule has 2 aromatic rings. The molecule has 2 aromatic carbocycles. The van der Waals surface area contributed by atoms with Crippen molar-refractivity contribution in [2.75, 3.05) is 5.75 Å². The smallest absolute Gasteiger partial charge is 0.294 e. The minimum absolute atomic E-state index is 0.0142. The minimum atomic E-state index is -4.51. The molecule has 2 heterocycles. The minimum Gasteiger partial charge on any atom is -0.295 e. The molecule has 2 N–H and O–H groups in total. The topological polar surface area (TPSA) is 172 Å². The third kappa shape index (κ3) is 4.68. The van der Waals surface area contributed by atoms with Crippen molar-refractivity contribution in [3.8, 4) is 0 Å². The fraction of sp³-hybridized carbons (Fsp3) is 0.304. The number of sulfone groups is 1. The van der Waals surface area contributed by atoms with Crippen LogP contribution < -0.4 is 5.32 Å². The van der Waals surface area contributed by atoms with Crippen molar-refractivity contribution in [3.63, 3.8) is 0 Å². The zero-order valence-corrected chi connectivity index (χ0v) is 20.7. The summed E-state index contributed by atoms with van der Waals surface area (Å²) in [4.78, 5) is 49.8. The van der Waals surface area contributed by atoms with E-state index in [1.807, 2.05) is 0 Å². The number of aryl methyl sites for hydroxylation is 2. The molecule has 13 heteroatoms. The highest BCUT2D eigenvalue weighted by molar-refractivity contribution is 7.91. The summed E-state index contributed by atoms with van der Waals surface area (Å²) in [7, 11) is -8.62. The van der Waals surface area contributed by atoms with Crippen LogP contribution in [0.25, 0.3) is 0 Å². The summed E-state index contributed by atoms with van der Waals surface area (Å²) in [5.74, 6) is -3.56. The fourth-order valence-corrected chi connectivity index (χ4v) is 6.73. The third-order valence-electron chi connectivity index (χ3n) is 6.12. The van der Waals surface area contributed by atoms with E-state index < -0.39 is 55.4 Å². The molecule has 0 bridgehead atoms. The van der Waals surface area contributed by atoms with Gasteiger partial charge in [-0.2, -0.15) is 8.42 Å². The summed E-state index contributed by atoms with van der Waals surface area (Å²) in [6.45, 7) is 1.72. The SMILES string of the molecule is Cc1ccc(S(=O)(=O)O)c(CCCS(=O)(=O)c2cccc3c2C(=O)N(C2CCC(=O)NC2=O)C3=O)c1. The van der Waals surface area contributed by atoms with E-state index in [4.69, 9.17) is 0 Å². The number of amides is 4. The Morgan fingerprint density at radius 3 is 2.39 bits per heavy atom. The molecule has 1 fully saturated rings. The van der Waals surface area contributed by atoms with Gasteiger partial charge in [-0.15, -0.1) is 0 Å². The lowest BCUT2D eigenvalue weighted by Crippen LogP contribution is -2.54. The van der Waals surface area contributed by atoms with Crippen LogP contribution in [-0.2, 0) is 36.0 Å². The van der Waals surface area contributed by atoms with E-state index in [1.54, 1.807) is 6.92 Å². The second kappa shape index (κ2) is 9.22. The quantitative estimate of drug-likeness (QED) is 0.389. The number of benzene rings is 2. The predicted molar refractivity (Wildman–Crippen MR) is 124 cm³/mol. The normalized spacial score (nSPS) is 18.4. The Hall–Kier alpha value is -3.42. The highest BCUT2D eigenvalue weighted by Gasteiger charge is 2.46. The van der Waals surface area contributed by atoms with Crippen molar-refractivity contribution in [1.82, 2.24) is 10.2 Å². The van der Waals surface area contributed by atoms with Crippen LogP contribution in [0.1, 0.15) is 51.1 Å². The zero-order chi connectivity index (χ0) is 26.4. The molecule has 4 amide bonds. The molecule has 1 saturated heterocycles. The van der Waals surface area contributed by atoms with Crippen molar-refractivity contribution in [2.45, 2.75) is 48.4 Å². The Labute approximate surface area is 207 Å². The second-order valence-electron chi connectivity index (χ2n) is 8.63. The first-order valence-electron chi connectivity index (χ1n) is 11.0. The van der Waals surface area contributed by atoms with Crippen LogP contribution in [0.3, 0.4) is 0 Å². The third-order valence-corrected chi connectivity index (χ3v) is 8.91. The second-order valence-corrected chi connectivity index (χ2v) is 12.1. The largest absolute Gasteiger partial charge is 0.295 e. The summed E-state index contributed by atoms with van der Waals surface area (Å²) in [6, 6.07) is 6.87. The summed E-state index contributed by atoms with van der Waals surface area (Å²) < 4.78 is 59.2. The van der Waals surface area contributed by atoms with E-state index in [2.05, 4.69) is 5.32 Å². The van der Waals surface area contributed by atoms with E-state index in [9.17, 15) is 40.6 Å². The van der Waals surface area contributed by atoms with Crippen molar-refractivity contribution in [1.29, 1.82) is 0 Å². The highest BCUT2D eigenvalue weighted by Crippen LogP contribution is 2.32. The van der Waals surface area contributed by atoms with Crippen molar-refractivity contribution in [3.05, 3.63) is 58.7 Å². The Bertz CT molecular complexity index is 1530. The van der Waals surface area contributed by atoms with Crippen LogP contribution in [0.15, 0.2) is 46.2 Å². The molecule has 0 spiro atoms. The van der Waals surface area contributed by atoms with E-state index in [1.165, 1.54) is 36.4 Å². The first-order valence-corrected chi connectivity index (χ1v) is 14.0. The van der Waals surface area contributed by atoms with E-state index in [0.717, 1.165) is 5.56 Å². The average Bonchev–Trinajstić information content (AvgIpc) is 3.03. The van der Waals surface area contributed by atoms with E-state index in [-0.39, 0.29) is 52.2 Å². The van der Waals surface area contributed by atoms with Crippen molar-refractivity contribution >= 4 is 43.6 Å². The highest BCUT2D eigenvalue weighted by atomic mass is 32.2. The van der Waals surface area contributed by atoms with Crippen LogP contribution in [0.5, 0.6) is 0 Å². The van der Waals surface area contributed by atoms with Crippen LogP contribution in [0, 0.1) is 6.92 Å². The molecule has 190 valence electrons. The van der Waals surface area contributed by atoms with Crippen LogP contribution in [0.2, 0.25) is 0 Å². The number of nitrogens with zero attached hydrogens (tertiary/aromatic N) is 1. The standard InChI is InChI=1S/C23H22N2O9S2/c1-13-7-9-17(36(32,33)34)14(12-13)4-3-11-35(30,31)18-6-2-5-15-20(18)23(29)25(22(15)28)16-8-10-19(26)24-21(16)27/h2,5-7,9,12,16H,3-4,8,10-11H2,1H3,(H,24,26,27)(H,32,33,34). The van der Waals surface area contributed by atoms with Gasteiger partial charge in [0.1, 0.15) is 6.04 Å². The van der Waals surface area contributed by atoms with E-state index in [0.29, 0.717) is 4.90 Å². The van der Waals surface area contributed by atoms with Crippen LogP contribution >= 0.6 is 0 Å². The molecule has 4 rings (SSSR count). The first-order chi connectivity index (χ1) is 16.8. The zero-order valence-electron chi connectivity index (χ0n) is 19.1. The number of carbonyl (C=O) groups is 4. The van der Waals surface area contributed by atoms with Crippen molar-refractivity contribution in [2.24, 2.45) is 0 Å². The molecule has 11 nitrogen and oxygen atoms in total. The number of fused-ring (bicyclic) bond motifs is 1. The van der Waals surface area contributed by atoms with Crippen LogP contribution in [-0.4, -0.2) is 61.7 Å². The number of rotatable bonds is 7. The number of carbonyl (C=O) groups excluding carboxylic acids is 4. The Morgan fingerprint density at radius 1 is 1.00 bits per heavy atom. The monoisotopic (exact) mass is 534 g/mol. The molecule has 0 aromatic heterocycles. The van der Waals surface area contributed by atoms with Gasteiger partial charge in [-0.1, -0.05) is 23.8 Å². The molecular weight excluding hydrogens is 512 g/mol. The number of hydrogen-bond donors (Lipinski definition) is 2. The Morgan fingerprint density at radius 2 is 1.72 bits per heavy atom. The first kappa shape index (κ1) is 25.7. The Kier molecular flexibility index (Phi) is 6.58. The fourth-order valence-electron chi connectivity index (χ4n) is 4.46. The molecule has 1 unspecified atom stereocenters. The maximum Gasteiger partial charge on any atom is 0.294 e. The molecule has 36 heavy (non-hydrogen) atoms. The van der Waals surface area contributed by atoms with Gasteiger partial charge >= 0.3 is 0 Å². The predicted octanol–water partition coefficient (Wildman–Crippen LogP) is 1.05. The van der Waals surface area contributed by atoms with E-state index >= 15 is 0 Å². The molecular formula is C23H22N2O9S2. The van der Waals surface area contributed by atoms with Gasteiger partial charge in [0.25, 0.3) is 21.9 Å². The van der Waals surface area contributed by atoms with Gasteiger partial charge in [-0.3, -0.25) is 33.9 Å². The molecule has 0 radical (unpaired) electrons. The summed E-state index contributed by atoms with van der Waals surface area (Å²) in [5.41, 5.74) is 0.486. The molecule has 1 atom stereocenters. The lowest BCUT2D eigenvalue weighted by atomic mass is 10.0. The van der Waals surface area contributed by atoms with Gasteiger partial charge in [0, 0.05) is 6.42 Å². The molecule has 0 saturated carbocycles. The van der Waals surface area contributed by atoms with Gasteiger partial charge in [-0.25, -0.2) is 8.42 Å². The van der Waals surface area contributed by atoms with Crippen molar-refractivity contribution < 1.29 is 40.6 Å². The Balaban J connectivity index is 1.59. The summed E-state index contributed by atoms with van der Waals surface area (Å²) in [5, 5.41) is 2.08. The molecule has 2 aliphatic rings. The molecule has 2 aliphatic heterocycles. The lowest BCUT2D eigenvalue weighted by molar-refractivity contribution is -0.136. The number of nitrogens with one attached hydrogen (secondary N) is 1. The summed E-state index contributed by atoms with van der Waals surface area (Å²) in [6.07, 6.45) is -0.151. The van der Waals surface area contributed by atoms with Gasteiger partial charge in [0.15, 0.2) is 9.84 Å². The van der Waals surface area contributed by atoms with Gasteiger partial charge in [-0.05, 0) is 49.9 Å². The maximum absolute atomic E-state index is 13.2. The maximum atomic E-state index is 13.2. The average molecular weight is 535 g/mol. The van der Waals surface area contributed by atoms with Gasteiger partial charge < -0.3 is 0 Å². The number of imide groups is 2.